The van der Waals surface area contributed by atoms with E-state index in [9.17, 15) is 5.11 Å². The van der Waals surface area contributed by atoms with Gasteiger partial charge in [-0.15, -0.1) is 0 Å². The Balaban J connectivity index is 1.61. The maximum Gasteiger partial charge on any atom is 0.161 e. The Morgan fingerprint density at radius 3 is 2.48 bits per heavy atom. The highest BCUT2D eigenvalue weighted by atomic mass is 16.5. The summed E-state index contributed by atoms with van der Waals surface area (Å²) in [7, 11) is 3.39. The highest BCUT2D eigenvalue weighted by Crippen LogP contribution is 2.55. The monoisotopic (exact) mass is 393 g/mol. The molecule has 4 heteroatoms. The van der Waals surface area contributed by atoms with E-state index in [1.165, 1.54) is 30.4 Å². The summed E-state index contributed by atoms with van der Waals surface area (Å²) >= 11 is 0. The Kier molecular flexibility index (Phi) is 4.79. The number of ether oxygens (including phenoxy) is 2. The van der Waals surface area contributed by atoms with Crippen molar-refractivity contribution in [2.75, 3.05) is 20.8 Å². The van der Waals surface area contributed by atoms with Crippen LogP contribution in [0.15, 0.2) is 42.5 Å². The van der Waals surface area contributed by atoms with E-state index in [-0.39, 0.29) is 6.04 Å². The molecule has 1 saturated heterocycles. The third-order valence-corrected chi connectivity index (χ3v) is 7.59. The number of hydrogen-bond donors (Lipinski definition) is 1. The van der Waals surface area contributed by atoms with Crippen LogP contribution in [0.1, 0.15) is 54.8 Å². The minimum atomic E-state index is -0.782. The number of benzene rings is 2. The van der Waals surface area contributed by atoms with E-state index in [0.29, 0.717) is 12.0 Å². The number of hydrogen-bond acceptors (Lipinski definition) is 4. The lowest BCUT2D eigenvalue weighted by Gasteiger charge is -2.57. The summed E-state index contributed by atoms with van der Waals surface area (Å²) in [5, 5.41) is 12.1. The molecule has 0 amide bonds. The molecule has 2 aliphatic heterocycles. The van der Waals surface area contributed by atoms with Gasteiger partial charge in [0.15, 0.2) is 11.5 Å². The van der Waals surface area contributed by atoms with E-state index < -0.39 is 5.60 Å². The van der Waals surface area contributed by atoms with E-state index in [4.69, 9.17) is 9.47 Å². The van der Waals surface area contributed by atoms with Crippen molar-refractivity contribution in [1.29, 1.82) is 0 Å². The average Bonchev–Trinajstić information content (AvgIpc) is 2.78. The molecule has 0 radical (unpaired) electrons. The van der Waals surface area contributed by atoms with E-state index in [1.54, 1.807) is 14.2 Å². The molecule has 1 saturated carbocycles. The molecule has 2 heterocycles. The lowest BCUT2D eigenvalue weighted by Crippen LogP contribution is -2.59. The molecule has 4 unspecified atom stereocenters. The SMILES string of the molecule is COc1cc2c(cc1OC)C1CC(O)(c3ccccc3)C3CCCCC3N1CC2. The lowest BCUT2D eigenvalue weighted by atomic mass is 9.63. The number of piperidine rings is 1. The normalized spacial score (nSPS) is 31.3. The molecular formula is C25H31NO3. The van der Waals surface area contributed by atoms with Crippen molar-refractivity contribution in [2.45, 2.75) is 56.2 Å². The molecule has 3 aliphatic rings. The van der Waals surface area contributed by atoms with Gasteiger partial charge < -0.3 is 14.6 Å². The number of aliphatic hydroxyl groups is 1. The second-order valence-electron chi connectivity index (χ2n) is 8.86. The summed E-state index contributed by atoms with van der Waals surface area (Å²) < 4.78 is 11.2. The third-order valence-electron chi connectivity index (χ3n) is 7.59. The zero-order valence-electron chi connectivity index (χ0n) is 17.4. The molecule has 4 nitrogen and oxygen atoms in total. The van der Waals surface area contributed by atoms with Gasteiger partial charge in [0.25, 0.3) is 0 Å². The van der Waals surface area contributed by atoms with Gasteiger partial charge in [-0.3, -0.25) is 4.90 Å². The topological polar surface area (TPSA) is 41.9 Å². The summed E-state index contributed by atoms with van der Waals surface area (Å²) in [4.78, 5) is 2.69. The predicted molar refractivity (Wildman–Crippen MR) is 113 cm³/mol. The van der Waals surface area contributed by atoms with Crippen LogP contribution in [0.25, 0.3) is 0 Å². The first kappa shape index (κ1) is 19.0. The number of nitrogens with zero attached hydrogens (tertiary/aromatic N) is 1. The number of rotatable bonds is 3. The van der Waals surface area contributed by atoms with Crippen LogP contribution in [0.5, 0.6) is 11.5 Å². The van der Waals surface area contributed by atoms with Crippen molar-refractivity contribution < 1.29 is 14.6 Å². The maximum atomic E-state index is 12.1. The molecular weight excluding hydrogens is 362 g/mol. The van der Waals surface area contributed by atoms with Crippen LogP contribution < -0.4 is 9.47 Å². The molecule has 0 aromatic heterocycles. The zero-order valence-corrected chi connectivity index (χ0v) is 17.4. The molecule has 2 fully saturated rings. The van der Waals surface area contributed by atoms with Gasteiger partial charge in [-0.05, 0) is 48.1 Å². The molecule has 2 aromatic carbocycles. The molecule has 2 aromatic rings. The molecule has 0 bridgehead atoms. The Morgan fingerprint density at radius 2 is 1.72 bits per heavy atom. The van der Waals surface area contributed by atoms with Crippen molar-refractivity contribution in [3.05, 3.63) is 59.2 Å². The van der Waals surface area contributed by atoms with Crippen molar-refractivity contribution in [1.82, 2.24) is 4.90 Å². The summed E-state index contributed by atoms with van der Waals surface area (Å²) in [6.07, 6.45) is 6.53. The molecule has 4 atom stereocenters. The van der Waals surface area contributed by atoms with E-state index in [2.05, 4.69) is 41.3 Å². The molecule has 1 N–H and O–H groups in total. The molecule has 5 rings (SSSR count). The third kappa shape index (κ3) is 2.96. The predicted octanol–water partition coefficient (Wildman–Crippen LogP) is 4.45. The van der Waals surface area contributed by atoms with Crippen molar-refractivity contribution in [3.63, 3.8) is 0 Å². The minimum Gasteiger partial charge on any atom is -0.493 e. The Bertz CT molecular complexity index is 883. The number of methoxy groups -OCH3 is 2. The molecule has 154 valence electrons. The van der Waals surface area contributed by atoms with Crippen molar-refractivity contribution in [3.8, 4) is 11.5 Å². The molecule has 1 aliphatic carbocycles. The highest BCUT2D eigenvalue weighted by molar-refractivity contribution is 5.50. The van der Waals surface area contributed by atoms with Crippen LogP contribution in [0, 0.1) is 5.92 Å². The van der Waals surface area contributed by atoms with Gasteiger partial charge in [-0.25, -0.2) is 0 Å². The van der Waals surface area contributed by atoms with E-state index >= 15 is 0 Å². The second kappa shape index (κ2) is 7.33. The van der Waals surface area contributed by atoms with Gasteiger partial charge in [0.2, 0.25) is 0 Å². The summed E-state index contributed by atoms with van der Waals surface area (Å²) in [5.41, 5.74) is 2.92. The van der Waals surface area contributed by atoms with Crippen LogP contribution in [0.3, 0.4) is 0 Å². The summed E-state index contributed by atoms with van der Waals surface area (Å²) in [6.45, 7) is 1.05. The van der Waals surface area contributed by atoms with Crippen LogP contribution in [0.2, 0.25) is 0 Å². The summed E-state index contributed by atoms with van der Waals surface area (Å²) in [6, 6.07) is 15.3. The average molecular weight is 394 g/mol. The maximum absolute atomic E-state index is 12.1. The largest absolute Gasteiger partial charge is 0.493 e. The van der Waals surface area contributed by atoms with Crippen LogP contribution >= 0.6 is 0 Å². The van der Waals surface area contributed by atoms with Crippen molar-refractivity contribution >= 4 is 0 Å². The number of fused-ring (bicyclic) bond motifs is 5. The van der Waals surface area contributed by atoms with Crippen molar-refractivity contribution in [2.24, 2.45) is 5.92 Å². The fourth-order valence-electron chi connectivity index (χ4n) is 6.24. The first-order chi connectivity index (χ1) is 14.2. The quantitative estimate of drug-likeness (QED) is 0.836. The molecule has 29 heavy (non-hydrogen) atoms. The van der Waals surface area contributed by atoms with Gasteiger partial charge in [0.1, 0.15) is 0 Å². The van der Waals surface area contributed by atoms with E-state index in [0.717, 1.165) is 42.9 Å². The Hall–Kier alpha value is -2.04. The smallest absolute Gasteiger partial charge is 0.161 e. The van der Waals surface area contributed by atoms with Gasteiger partial charge >= 0.3 is 0 Å². The van der Waals surface area contributed by atoms with Gasteiger partial charge in [-0.1, -0.05) is 43.2 Å². The summed E-state index contributed by atoms with van der Waals surface area (Å²) in [5.74, 6) is 1.88. The highest BCUT2D eigenvalue weighted by Gasteiger charge is 2.53. The first-order valence-corrected chi connectivity index (χ1v) is 10.9. The van der Waals surface area contributed by atoms with Crippen LogP contribution in [0.4, 0.5) is 0 Å². The fraction of sp³-hybridized carbons (Fsp3) is 0.520. The lowest BCUT2D eigenvalue weighted by molar-refractivity contribution is -0.146. The zero-order chi connectivity index (χ0) is 20.0. The van der Waals surface area contributed by atoms with Crippen LogP contribution in [-0.2, 0) is 12.0 Å². The Labute approximate surface area is 173 Å². The van der Waals surface area contributed by atoms with Gasteiger partial charge in [-0.2, -0.15) is 0 Å². The van der Waals surface area contributed by atoms with Gasteiger partial charge in [0.05, 0.1) is 19.8 Å². The van der Waals surface area contributed by atoms with Crippen LogP contribution in [-0.4, -0.2) is 36.8 Å². The standard InChI is InChI=1S/C25H31NO3/c1-28-23-14-17-12-13-26-21-11-7-6-10-20(21)25(27,18-8-4-3-5-9-18)16-22(26)19(17)15-24(23)29-2/h3-5,8-9,14-15,20-22,27H,6-7,10-13,16H2,1-2H3. The minimum absolute atomic E-state index is 0.211. The Morgan fingerprint density at radius 1 is 1.00 bits per heavy atom. The second-order valence-corrected chi connectivity index (χ2v) is 8.86. The fourth-order valence-corrected chi connectivity index (χ4v) is 6.24. The first-order valence-electron chi connectivity index (χ1n) is 10.9. The molecule has 0 spiro atoms. The van der Waals surface area contributed by atoms with E-state index in [1.807, 2.05) is 6.07 Å². The van der Waals surface area contributed by atoms with Gasteiger partial charge in [0, 0.05) is 31.0 Å².